The van der Waals surface area contributed by atoms with Gasteiger partial charge in [-0.2, -0.15) is 0 Å². The first kappa shape index (κ1) is 17.8. The first-order valence-electron chi connectivity index (χ1n) is 7.43. The van der Waals surface area contributed by atoms with Crippen LogP contribution in [0.1, 0.15) is 24.0 Å². The van der Waals surface area contributed by atoms with Crippen LogP contribution in [-0.4, -0.2) is 21.8 Å². The highest BCUT2D eigenvalue weighted by atomic mass is 35.5. The number of hydrogen-bond donors (Lipinski definition) is 2. The van der Waals surface area contributed by atoms with Crippen molar-refractivity contribution in [3.63, 3.8) is 0 Å². The van der Waals surface area contributed by atoms with E-state index < -0.39 is 0 Å². The standard InChI is InChI=1S/C19H17ClO4/c20-19-12-18(24)10-5-14(19)4-9-17(23)11-16(22)8-3-13-1-6-15(21)7-2-13/h1-2,4-7,9-10,12,21,24H,3,8,11H2. The van der Waals surface area contributed by atoms with Crippen molar-refractivity contribution in [3.05, 3.63) is 64.7 Å². The molecule has 0 aliphatic carbocycles. The Morgan fingerprint density at radius 3 is 2.33 bits per heavy atom. The van der Waals surface area contributed by atoms with Gasteiger partial charge in [0.15, 0.2) is 5.78 Å². The summed E-state index contributed by atoms with van der Waals surface area (Å²) >= 11 is 5.94. The molecule has 0 fully saturated rings. The number of hydrogen-bond acceptors (Lipinski definition) is 4. The van der Waals surface area contributed by atoms with Crippen molar-refractivity contribution < 1.29 is 19.8 Å². The molecule has 0 saturated carbocycles. The number of rotatable bonds is 7. The van der Waals surface area contributed by atoms with Crippen LogP contribution in [0.15, 0.2) is 48.5 Å². The maximum atomic E-state index is 11.9. The number of ketones is 2. The molecule has 0 aromatic heterocycles. The van der Waals surface area contributed by atoms with Gasteiger partial charge in [-0.15, -0.1) is 0 Å². The molecule has 0 spiro atoms. The zero-order chi connectivity index (χ0) is 17.5. The second-order valence-corrected chi connectivity index (χ2v) is 5.79. The topological polar surface area (TPSA) is 74.6 Å². The summed E-state index contributed by atoms with van der Waals surface area (Å²) in [7, 11) is 0. The van der Waals surface area contributed by atoms with Crippen LogP contribution in [-0.2, 0) is 16.0 Å². The minimum Gasteiger partial charge on any atom is -0.508 e. The van der Waals surface area contributed by atoms with Gasteiger partial charge >= 0.3 is 0 Å². The van der Waals surface area contributed by atoms with Crippen LogP contribution in [0.3, 0.4) is 0 Å². The van der Waals surface area contributed by atoms with Crippen LogP contribution in [0.2, 0.25) is 5.02 Å². The molecule has 0 radical (unpaired) electrons. The molecular formula is C19H17ClO4. The Labute approximate surface area is 145 Å². The number of phenols is 2. The molecule has 2 N–H and O–H groups in total. The van der Waals surface area contributed by atoms with E-state index in [-0.39, 0.29) is 35.9 Å². The van der Waals surface area contributed by atoms with E-state index in [0.29, 0.717) is 17.0 Å². The highest BCUT2D eigenvalue weighted by Crippen LogP contribution is 2.22. The number of aromatic hydroxyl groups is 2. The van der Waals surface area contributed by atoms with Crippen LogP contribution in [0.4, 0.5) is 0 Å². The van der Waals surface area contributed by atoms with Gasteiger partial charge in [0, 0.05) is 6.42 Å². The molecular weight excluding hydrogens is 328 g/mol. The summed E-state index contributed by atoms with van der Waals surface area (Å²) in [6, 6.07) is 11.1. The number of allylic oxidation sites excluding steroid dienone is 1. The lowest BCUT2D eigenvalue weighted by Crippen LogP contribution is -2.06. The Balaban J connectivity index is 1.83. The lowest BCUT2D eigenvalue weighted by molar-refractivity contribution is -0.124. The smallest absolute Gasteiger partial charge is 0.163 e. The van der Waals surface area contributed by atoms with Gasteiger partial charge in [-0.25, -0.2) is 0 Å². The molecule has 0 amide bonds. The molecule has 0 bridgehead atoms. The molecule has 0 saturated heterocycles. The van der Waals surface area contributed by atoms with E-state index in [1.165, 1.54) is 24.3 Å². The first-order valence-corrected chi connectivity index (χ1v) is 7.81. The van der Waals surface area contributed by atoms with Gasteiger partial charge in [-0.1, -0.05) is 23.7 Å². The largest absolute Gasteiger partial charge is 0.508 e. The van der Waals surface area contributed by atoms with Crippen molar-refractivity contribution in [2.75, 3.05) is 0 Å². The monoisotopic (exact) mass is 344 g/mol. The van der Waals surface area contributed by atoms with Gasteiger partial charge in [0.25, 0.3) is 0 Å². The van der Waals surface area contributed by atoms with Gasteiger partial charge in [0.1, 0.15) is 17.3 Å². The van der Waals surface area contributed by atoms with Crippen LogP contribution < -0.4 is 0 Å². The fourth-order valence-electron chi connectivity index (χ4n) is 2.12. The van der Waals surface area contributed by atoms with E-state index in [1.807, 2.05) is 0 Å². The average molecular weight is 345 g/mol. The minimum absolute atomic E-state index is 0.0490. The van der Waals surface area contributed by atoms with Gasteiger partial charge in [-0.3, -0.25) is 9.59 Å². The van der Waals surface area contributed by atoms with Crippen LogP contribution in [0, 0.1) is 0 Å². The van der Waals surface area contributed by atoms with Crippen molar-refractivity contribution in [2.24, 2.45) is 0 Å². The molecule has 0 heterocycles. The highest BCUT2D eigenvalue weighted by Gasteiger charge is 2.08. The number of phenolic OH excluding ortho intramolecular Hbond substituents is 2. The van der Waals surface area contributed by atoms with Crippen LogP contribution in [0.5, 0.6) is 11.5 Å². The number of carbonyl (C=O) groups excluding carboxylic acids is 2. The summed E-state index contributed by atoms with van der Waals surface area (Å²) in [6.45, 7) is 0. The van der Waals surface area contributed by atoms with E-state index in [1.54, 1.807) is 30.3 Å². The molecule has 5 heteroatoms. The lowest BCUT2D eigenvalue weighted by atomic mass is 10.0. The zero-order valence-electron chi connectivity index (χ0n) is 12.9. The number of benzene rings is 2. The molecule has 24 heavy (non-hydrogen) atoms. The Hall–Kier alpha value is -2.59. The summed E-state index contributed by atoms with van der Waals surface area (Å²) in [6.07, 6.45) is 3.47. The number of aryl methyl sites for hydroxylation is 1. The maximum absolute atomic E-state index is 11.9. The Kier molecular flexibility index (Phi) is 6.15. The van der Waals surface area contributed by atoms with Gasteiger partial charge in [0.05, 0.1) is 11.4 Å². The summed E-state index contributed by atoms with van der Waals surface area (Å²) in [5.74, 6) is -0.212. The molecule has 4 nitrogen and oxygen atoms in total. The summed E-state index contributed by atoms with van der Waals surface area (Å²) in [5.41, 5.74) is 1.53. The molecule has 0 unspecified atom stereocenters. The lowest BCUT2D eigenvalue weighted by Gasteiger charge is -2.01. The second kappa shape index (κ2) is 8.31. The fraction of sp³-hybridized carbons (Fsp3) is 0.158. The van der Waals surface area contributed by atoms with Gasteiger partial charge in [-0.05, 0) is 60.0 Å². The van der Waals surface area contributed by atoms with Crippen molar-refractivity contribution in [2.45, 2.75) is 19.3 Å². The second-order valence-electron chi connectivity index (χ2n) is 5.39. The number of Topliss-reactive ketones (excluding diaryl/α,β-unsaturated/α-hetero) is 1. The Morgan fingerprint density at radius 1 is 1.00 bits per heavy atom. The van der Waals surface area contributed by atoms with E-state index in [9.17, 15) is 19.8 Å². The van der Waals surface area contributed by atoms with Gasteiger partial charge < -0.3 is 10.2 Å². The average Bonchev–Trinajstić information content (AvgIpc) is 2.53. The predicted molar refractivity (Wildman–Crippen MR) is 93.2 cm³/mol. The molecule has 2 rings (SSSR count). The first-order chi connectivity index (χ1) is 11.4. The SMILES string of the molecule is O=C(C=Cc1ccc(O)cc1Cl)CC(=O)CCc1ccc(O)cc1. The molecule has 124 valence electrons. The predicted octanol–water partition coefficient (Wildman–Crippen LogP) is 3.93. The quantitative estimate of drug-likeness (QED) is 0.589. The molecule has 0 aliphatic rings. The van der Waals surface area contributed by atoms with Crippen molar-refractivity contribution in [1.29, 1.82) is 0 Å². The summed E-state index contributed by atoms with van der Waals surface area (Å²) in [5, 5.41) is 18.8. The Morgan fingerprint density at radius 2 is 1.67 bits per heavy atom. The van der Waals surface area contributed by atoms with Gasteiger partial charge in [0.2, 0.25) is 0 Å². The Bertz CT molecular complexity index is 763. The molecule has 2 aromatic rings. The summed E-state index contributed by atoms with van der Waals surface area (Å²) in [4.78, 5) is 23.7. The third-order valence-corrected chi connectivity index (χ3v) is 3.76. The molecule has 2 aromatic carbocycles. The van der Waals surface area contributed by atoms with Crippen molar-refractivity contribution in [1.82, 2.24) is 0 Å². The minimum atomic E-state index is -0.296. The normalized spacial score (nSPS) is 10.9. The fourth-order valence-corrected chi connectivity index (χ4v) is 2.36. The summed E-state index contributed by atoms with van der Waals surface area (Å²) < 4.78 is 0. The zero-order valence-corrected chi connectivity index (χ0v) is 13.7. The van der Waals surface area contributed by atoms with E-state index in [2.05, 4.69) is 0 Å². The highest BCUT2D eigenvalue weighted by molar-refractivity contribution is 6.32. The van der Waals surface area contributed by atoms with Crippen molar-refractivity contribution in [3.8, 4) is 11.5 Å². The molecule has 0 atom stereocenters. The third-order valence-electron chi connectivity index (χ3n) is 3.43. The van der Waals surface area contributed by atoms with Crippen LogP contribution >= 0.6 is 11.6 Å². The number of carbonyl (C=O) groups is 2. The van der Waals surface area contributed by atoms with E-state index in [4.69, 9.17) is 11.6 Å². The maximum Gasteiger partial charge on any atom is 0.163 e. The third kappa shape index (κ3) is 5.56. The van der Waals surface area contributed by atoms with E-state index >= 15 is 0 Å². The van der Waals surface area contributed by atoms with Crippen LogP contribution in [0.25, 0.3) is 6.08 Å². The van der Waals surface area contributed by atoms with E-state index in [0.717, 1.165) is 5.56 Å². The number of halogens is 1. The van der Waals surface area contributed by atoms with Crippen molar-refractivity contribution >= 4 is 29.2 Å². The molecule has 0 aliphatic heterocycles.